The maximum atomic E-state index is 12.3. The first-order valence-corrected chi connectivity index (χ1v) is 12.7. The highest BCUT2D eigenvalue weighted by atomic mass is 16.5. The molecule has 2 aromatic carbocycles. The van der Waals surface area contributed by atoms with Gasteiger partial charge in [0.15, 0.2) is 29.4 Å². The third kappa shape index (κ3) is 5.06. The summed E-state index contributed by atoms with van der Waals surface area (Å²) in [5, 5.41) is 13.3. The molecule has 3 N–H and O–H groups in total. The first-order valence-electron chi connectivity index (χ1n) is 12.7. The van der Waals surface area contributed by atoms with Crippen LogP contribution in [0.1, 0.15) is 25.7 Å². The van der Waals surface area contributed by atoms with Crippen LogP contribution in [0.3, 0.4) is 0 Å². The van der Waals surface area contributed by atoms with Crippen molar-refractivity contribution in [2.45, 2.75) is 31.7 Å². The van der Waals surface area contributed by atoms with E-state index >= 15 is 0 Å². The van der Waals surface area contributed by atoms with Gasteiger partial charge in [-0.15, -0.1) is 0 Å². The van der Waals surface area contributed by atoms with Crippen molar-refractivity contribution in [3.63, 3.8) is 0 Å². The molecule has 192 valence electrons. The van der Waals surface area contributed by atoms with Crippen LogP contribution in [0.2, 0.25) is 0 Å². The van der Waals surface area contributed by atoms with Crippen LogP contribution in [0.25, 0.3) is 33.7 Å². The lowest BCUT2D eigenvalue weighted by molar-refractivity contribution is -0.123. The highest BCUT2D eigenvalue weighted by Gasteiger charge is 2.18. The molecule has 1 amide bonds. The number of amides is 1. The predicted octanol–water partition coefficient (Wildman–Crippen LogP) is 4.60. The third-order valence-corrected chi connectivity index (χ3v) is 6.72. The highest BCUT2D eigenvalue weighted by molar-refractivity contribution is 5.87. The van der Waals surface area contributed by atoms with Crippen LogP contribution in [0.4, 0.5) is 11.5 Å². The van der Waals surface area contributed by atoms with Gasteiger partial charge in [-0.25, -0.2) is 15.0 Å². The molecule has 5 aromatic rings. The standard InChI is InChI=1S/C28H28N8O2/c1-36-17-29-25-27(33-22-11-9-18(10-12-22)20-14-30-31-15-20)34-26(35-28(25)36)19-5-4-8-23(13-19)38-16-24(37)32-21-6-2-3-7-21/h4-5,8-15,17,21H,2-3,6-7,16H2,1H3,(H,30,31)(H,32,37)(H,33,34,35). The Morgan fingerprint density at radius 2 is 1.92 bits per heavy atom. The number of H-pyrrole nitrogens is 1. The van der Waals surface area contributed by atoms with E-state index in [1.165, 1.54) is 12.8 Å². The fourth-order valence-corrected chi connectivity index (χ4v) is 4.73. The number of carbonyl (C=O) groups excluding carboxylic acids is 1. The molecule has 0 unspecified atom stereocenters. The minimum atomic E-state index is -0.0971. The monoisotopic (exact) mass is 508 g/mol. The van der Waals surface area contributed by atoms with Gasteiger partial charge in [-0.2, -0.15) is 5.10 Å². The van der Waals surface area contributed by atoms with Crippen LogP contribution in [0.5, 0.6) is 5.75 Å². The van der Waals surface area contributed by atoms with E-state index in [9.17, 15) is 4.79 Å². The van der Waals surface area contributed by atoms with Crippen molar-refractivity contribution >= 4 is 28.6 Å². The highest BCUT2D eigenvalue weighted by Crippen LogP contribution is 2.29. The van der Waals surface area contributed by atoms with Gasteiger partial charge in [0.25, 0.3) is 5.91 Å². The van der Waals surface area contributed by atoms with E-state index < -0.39 is 0 Å². The second kappa shape index (κ2) is 10.3. The Hall–Kier alpha value is -4.73. The summed E-state index contributed by atoms with van der Waals surface area (Å²) in [6, 6.07) is 15.8. The van der Waals surface area contributed by atoms with Crippen molar-refractivity contribution in [3.05, 3.63) is 67.3 Å². The Morgan fingerprint density at radius 3 is 2.71 bits per heavy atom. The lowest BCUT2D eigenvalue weighted by Crippen LogP contribution is -2.36. The number of carbonyl (C=O) groups is 1. The van der Waals surface area contributed by atoms with E-state index in [1.54, 1.807) is 12.5 Å². The second-order valence-electron chi connectivity index (χ2n) is 9.48. The van der Waals surface area contributed by atoms with Crippen molar-refractivity contribution in [3.8, 4) is 28.3 Å². The lowest BCUT2D eigenvalue weighted by atomic mass is 10.1. The molecule has 10 nitrogen and oxygen atoms in total. The summed E-state index contributed by atoms with van der Waals surface area (Å²) in [4.78, 5) is 26.4. The summed E-state index contributed by atoms with van der Waals surface area (Å²) in [7, 11) is 1.90. The fourth-order valence-electron chi connectivity index (χ4n) is 4.73. The molecule has 0 saturated heterocycles. The number of ether oxygens (including phenoxy) is 1. The number of anilines is 2. The molecule has 1 aliphatic rings. The number of aromatic nitrogens is 6. The van der Waals surface area contributed by atoms with Gasteiger partial charge < -0.3 is 19.9 Å². The van der Waals surface area contributed by atoms with Crippen LogP contribution < -0.4 is 15.4 Å². The molecule has 1 saturated carbocycles. The number of aromatic amines is 1. The smallest absolute Gasteiger partial charge is 0.258 e. The molecule has 1 fully saturated rings. The topological polar surface area (TPSA) is 123 Å². The molecule has 0 bridgehead atoms. The summed E-state index contributed by atoms with van der Waals surface area (Å²) < 4.78 is 7.66. The molecule has 0 spiro atoms. The molecule has 0 atom stereocenters. The van der Waals surface area contributed by atoms with Crippen molar-refractivity contribution in [1.29, 1.82) is 0 Å². The number of aryl methyl sites for hydroxylation is 1. The Balaban J connectivity index is 1.23. The Labute approximate surface area is 219 Å². The molecular weight excluding hydrogens is 480 g/mol. The van der Waals surface area contributed by atoms with Crippen molar-refractivity contribution in [2.24, 2.45) is 7.05 Å². The SMILES string of the molecule is Cn1cnc2c(Nc3ccc(-c4cn[nH]c4)cc3)nc(-c3cccc(OCC(=O)NC4CCCC4)c3)nc21. The molecule has 6 rings (SSSR count). The Morgan fingerprint density at radius 1 is 1.08 bits per heavy atom. The summed E-state index contributed by atoms with van der Waals surface area (Å²) in [5.74, 6) is 1.62. The van der Waals surface area contributed by atoms with Gasteiger partial charge in [0.05, 0.1) is 12.5 Å². The number of nitrogens with one attached hydrogen (secondary N) is 3. The van der Waals surface area contributed by atoms with Crippen LogP contribution >= 0.6 is 0 Å². The maximum Gasteiger partial charge on any atom is 0.258 e. The largest absolute Gasteiger partial charge is 0.484 e. The van der Waals surface area contributed by atoms with E-state index in [2.05, 4.69) is 25.8 Å². The normalized spacial score (nSPS) is 13.6. The zero-order valence-corrected chi connectivity index (χ0v) is 21.0. The first-order chi connectivity index (χ1) is 18.6. The summed E-state index contributed by atoms with van der Waals surface area (Å²) in [6.07, 6.45) is 9.79. The molecule has 3 heterocycles. The number of hydrogen-bond donors (Lipinski definition) is 3. The van der Waals surface area contributed by atoms with E-state index in [0.29, 0.717) is 28.6 Å². The van der Waals surface area contributed by atoms with Crippen molar-refractivity contribution in [1.82, 2.24) is 35.0 Å². The van der Waals surface area contributed by atoms with Crippen LogP contribution in [0, 0.1) is 0 Å². The van der Waals surface area contributed by atoms with Gasteiger partial charge in [-0.1, -0.05) is 37.1 Å². The number of benzene rings is 2. The van der Waals surface area contributed by atoms with Gasteiger partial charge >= 0.3 is 0 Å². The minimum absolute atomic E-state index is 0.0246. The second-order valence-corrected chi connectivity index (χ2v) is 9.48. The minimum Gasteiger partial charge on any atom is -0.484 e. The van der Waals surface area contributed by atoms with Gasteiger partial charge in [0.1, 0.15) is 5.75 Å². The molecular formula is C28H28N8O2. The third-order valence-electron chi connectivity index (χ3n) is 6.72. The summed E-state index contributed by atoms with van der Waals surface area (Å²) in [6.45, 7) is -0.0246. The average molecular weight is 509 g/mol. The van der Waals surface area contributed by atoms with Crippen molar-refractivity contribution in [2.75, 3.05) is 11.9 Å². The van der Waals surface area contributed by atoms with Crippen LogP contribution in [-0.4, -0.2) is 48.3 Å². The molecule has 1 aliphatic carbocycles. The lowest BCUT2D eigenvalue weighted by Gasteiger charge is -2.13. The zero-order valence-electron chi connectivity index (χ0n) is 21.0. The van der Waals surface area contributed by atoms with Gasteiger partial charge in [0, 0.05) is 36.1 Å². The fraction of sp³-hybridized carbons (Fsp3) is 0.250. The Bertz CT molecular complexity index is 1550. The zero-order chi connectivity index (χ0) is 25.9. The first kappa shape index (κ1) is 23.7. The summed E-state index contributed by atoms with van der Waals surface area (Å²) in [5.41, 5.74) is 5.11. The number of fused-ring (bicyclic) bond motifs is 1. The molecule has 3 aromatic heterocycles. The maximum absolute atomic E-state index is 12.3. The van der Waals surface area contributed by atoms with E-state index in [4.69, 9.17) is 14.7 Å². The van der Waals surface area contributed by atoms with Crippen LogP contribution in [-0.2, 0) is 11.8 Å². The van der Waals surface area contributed by atoms with Gasteiger partial charge in [0.2, 0.25) is 0 Å². The molecule has 0 aliphatic heterocycles. The van der Waals surface area contributed by atoms with Gasteiger partial charge in [-0.05, 0) is 42.7 Å². The molecule has 10 heteroatoms. The molecule has 0 radical (unpaired) electrons. The molecule has 38 heavy (non-hydrogen) atoms. The van der Waals surface area contributed by atoms with Gasteiger partial charge in [-0.3, -0.25) is 9.89 Å². The van der Waals surface area contributed by atoms with E-state index in [0.717, 1.165) is 35.2 Å². The number of rotatable bonds is 8. The number of hydrogen-bond acceptors (Lipinski definition) is 7. The number of nitrogens with zero attached hydrogens (tertiary/aromatic N) is 5. The van der Waals surface area contributed by atoms with Crippen LogP contribution in [0.15, 0.2) is 67.3 Å². The predicted molar refractivity (Wildman–Crippen MR) is 145 cm³/mol. The van der Waals surface area contributed by atoms with E-state index in [1.807, 2.05) is 66.3 Å². The van der Waals surface area contributed by atoms with E-state index in [-0.39, 0.29) is 18.6 Å². The number of imidazole rings is 1. The van der Waals surface area contributed by atoms with Crippen molar-refractivity contribution < 1.29 is 9.53 Å². The quantitative estimate of drug-likeness (QED) is 0.280. The summed E-state index contributed by atoms with van der Waals surface area (Å²) >= 11 is 0. The Kier molecular flexibility index (Phi) is 6.43. The average Bonchev–Trinajstić information content (AvgIpc) is 3.72.